The van der Waals surface area contributed by atoms with Crippen LogP contribution in [0.5, 0.6) is 0 Å². The van der Waals surface area contributed by atoms with Crippen LogP contribution < -0.4 is 27.4 Å². The number of nitrogens with zero attached hydrogens (tertiary/aromatic N) is 3. The summed E-state index contributed by atoms with van der Waals surface area (Å²) in [5, 5.41) is 9.75. The van der Waals surface area contributed by atoms with Gasteiger partial charge in [0.15, 0.2) is 0 Å². The van der Waals surface area contributed by atoms with Crippen molar-refractivity contribution in [3.63, 3.8) is 0 Å². The first-order valence-corrected chi connectivity index (χ1v) is 12.1. The highest BCUT2D eigenvalue weighted by molar-refractivity contribution is 5.88. The van der Waals surface area contributed by atoms with E-state index in [0.717, 1.165) is 50.9 Å². The number of aryl methyl sites for hydroxylation is 1. The number of amides is 2. The average Bonchev–Trinajstić information content (AvgIpc) is 3.24. The molecule has 2 amide bonds. The fourth-order valence-electron chi connectivity index (χ4n) is 5.26. The predicted molar refractivity (Wildman–Crippen MR) is 128 cm³/mol. The lowest BCUT2D eigenvalue weighted by Crippen LogP contribution is -2.48. The van der Waals surface area contributed by atoms with Gasteiger partial charge in [-0.15, -0.1) is 0 Å². The van der Waals surface area contributed by atoms with Crippen LogP contribution in [0.2, 0.25) is 0 Å². The second-order valence-corrected chi connectivity index (χ2v) is 9.46. The van der Waals surface area contributed by atoms with Crippen molar-refractivity contribution < 1.29 is 4.79 Å². The number of carbonyl (C=O) groups is 1. The van der Waals surface area contributed by atoms with Crippen molar-refractivity contribution in [3.8, 4) is 5.69 Å². The molecule has 33 heavy (non-hydrogen) atoms. The topological polar surface area (TPSA) is 117 Å². The van der Waals surface area contributed by atoms with E-state index in [1.165, 1.54) is 22.1 Å². The molecule has 9 nitrogen and oxygen atoms in total. The van der Waals surface area contributed by atoms with Gasteiger partial charge in [-0.25, -0.2) is 9.59 Å². The Morgan fingerprint density at radius 1 is 1.09 bits per heavy atom. The number of piperazine rings is 1. The minimum absolute atomic E-state index is 0.224. The van der Waals surface area contributed by atoms with Crippen LogP contribution in [-0.4, -0.2) is 64.8 Å². The maximum absolute atomic E-state index is 12.7. The molecule has 2 aliphatic carbocycles. The average molecular weight is 452 g/mol. The number of nitrogens with one attached hydrogen (secondary N) is 3. The van der Waals surface area contributed by atoms with Crippen LogP contribution in [0.4, 0.5) is 10.6 Å². The molecule has 9 heteroatoms. The molecule has 3 atom stereocenters. The summed E-state index contributed by atoms with van der Waals surface area (Å²) in [4.78, 5) is 30.9. The van der Waals surface area contributed by atoms with Crippen LogP contribution in [0.3, 0.4) is 0 Å². The van der Waals surface area contributed by atoms with E-state index in [1.54, 1.807) is 17.2 Å². The van der Waals surface area contributed by atoms with E-state index in [0.29, 0.717) is 31.2 Å². The Morgan fingerprint density at radius 3 is 2.70 bits per heavy atom. The van der Waals surface area contributed by atoms with E-state index in [-0.39, 0.29) is 11.8 Å². The molecule has 3 aliphatic rings. The summed E-state index contributed by atoms with van der Waals surface area (Å²) in [5.41, 5.74) is 9.09. The Kier molecular flexibility index (Phi) is 6.43. The summed E-state index contributed by atoms with van der Waals surface area (Å²) >= 11 is 0. The van der Waals surface area contributed by atoms with Crippen LogP contribution in [-0.2, 0) is 12.8 Å². The molecule has 5 N–H and O–H groups in total. The zero-order chi connectivity index (χ0) is 22.8. The Balaban J connectivity index is 1.24. The van der Waals surface area contributed by atoms with Crippen molar-refractivity contribution in [2.75, 3.05) is 31.5 Å². The molecule has 1 aromatic heterocycles. The molecule has 0 bridgehead atoms. The zero-order valence-corrected chi connectivity index (χ0v) is 18.9. The number of carbonyl (C=O) groups excluding carboxylic acids is 1. The lowest BCUT2D eigenvalue weighted by Gasteiger charge is -2.29. The SMILES string of the molecule is NC1CC[C@H](NC2CCc3cc(-n4ccc(NC(=O)N5CCNCC5)nc4=O)ccc3C2)C1. The molecule has 2 fully saturated rings. The van der Waals surface area contributed by atoms with Gasteiger partial charge >= 0.3 is 11.7 Å². The van der Waals surface area contributed by atoms with E-state index < -0.39 is 5.69 Å². The maximum atomic E-state index is 12.7. The number of anilines is 1. The molecule has 1 saturated heterocycles. The summed E-state index contributed by atoms with van der Waals surface area (Å²) in [5.74, 6) is 0.276. The van der Waals surface area contributed by atoms with E-state index in [9.17, 15) is 9.59 Å². The van der Waals surface area contributed by atoms with Gasteiger partial charge in [-0.2, -0.15) is 4.98 Å². The smallest absolute Gasteiger partial charge is 0.328 e. The molecule has 1 saturated carbocycles. The number of fused-ring (bicyclic) bond motifs is 1. The first-order chi connectivity index (χ1) is 16.0. The van der Waals surface area contributed by atoms with Crippen LogP contribution in [0.15, 0.2) is 35.3 Å². The third kappa shape index (κ3) is 5.10. The van der Waals surface area contributed by atoms with Crippen LogP contribution >= 0.6 is 0 Å². The minimum atomic E-state index is -0.402. The first kappa shape index (κ1) is 22.1. The standard InChI is InChI=1S/C24H33N7O2/c25-18-3-5-20(15-18)27-19-4-1-17-14-21(6-2-16(17)13-19)31-10-7-22(29-24(31)33)28-23(32)30-11-8-26-9-12-30/h2,6-7,10,14,18-20,26-27H,1,3-5,8-9,11-13,15,25H2,(H,28,29,32,33)/t18?,19?,20-/m0/s1. The van der Waals surface area contributed by atoms with Gasteiger partial charge in [0.1, 0.15) is 5.82 Å². The molecule has 2 heterocycles. The van der Waals surface area contributed by atoms with Gasteiger partial charge in [-0.05, 0) is 67.9 Å². The number of hydrogen-bond donors (Lipinski definition) is 4. The lowest BCUT2D eigenvalue weighted by atomic mass is 9.87. The van der Waals surface area contributed by atoms with Gasteiger partial charge in [0.2, 0.25) is 0 Å². The largest absolute Gasteiger partial charge is 0.354 e. The van der Waals surface area contributed by atoms with Gasteiger partial charge in [0, 0.05) is 50.5 Å². The quantitative estimate of drug-likeness (QED) is 0.551. The number of benzene rings is 1. The number of nitrogens with two attached hydrogens (primary N) is 1. The zero-order valence-electron chi connectivity index (χ0n) is 18.9. The van der Waals surface area contributed by atoms with Gasteiger partial charge in [0.05, 0.1) is 5.69 Å². The van der Waals surface area contributed by atoms with Crippen molar-refractivity contribution in [3.05, 3.63) is 52.1 Å². The van der Waals surface area contributed by atoms with Crippen molar-refractivity contribution in [1.82, 2.24) is 25.1 Å². The highest BCUT2D eigenvalue weighted by atomic mass is 16.2. The first-order valence-electron chi connectivity index (χ1n) is 12.1. The molecule has 2 aromatic rings. The molecular weight excluding hydrogens is 418 g/mol. The molecular formula is C24H33N7O2. The summed E-state index contributed by atoms with van der Waals surface area (Å²) in [6.07, 6.45) is 8.12. The Morgan fingerprint density at radius 2 is 1.94 bits per heavy atom. The Bertz CT molecular complexity index is 1060. The summed E-state index contributed by atoms with van der Waals surface area (Å²) in [7, 11) is 0. The molecule has 1 aromatic carbocycles. The number of urea groups is 1. The van der Waals surface area contributed by atoms with Crippen molar-refractivity contribution >= 4 is 11.8 Å². The number of aromatic nitrogens is 2. The fraction of sp³-hybridized carbons (Fsp3) is 0.542. The molecule has 5 rings (SSSR count). The van der Waals surface area contributed by atoms with E-state index >= 15 is 0 Å². The molecule has 1 aliphatic heterocycles. The summed E-state index contributed by atoms with van der Waals surface area (Å²) in [6.45, 7) is 2.82. The normalized spacial score (nSPS) is 25.0. The monoisotopic (exact) mass is 451 g/mol. The summed E-state index contributed by atoms with van der Waals surface area (Å²) < 4.78 is 1.53. The molecule has 2 unspecified atom stereocenters. The van der Waals surface area contributed by atoms with Crippen LogP contribution in [0.1, 0.15) is 36.8 Å². The van der Waals surface area contributed by atoms with E-state index in [2.05, 4.69) is 33.1 Å². The van der Waals surface area contributed by atoms with Crippen molar-refractivity contribution in [1.29, 1.82) is 0 Å². The van der Waals surface area contributed by atoms with Gasteiger partial charge in [0.25, 0.3) is 0 Å². The highest BCUT2D eigenvalue weighted by Gasteiger charge is 2.26. The third-order valence-electron chi connectivity index (χ3n) is 7.08. The third-order valence-corrected chi connectivity index (χ3v) is 7.08. The van der Waals surface area contributed by atoms with Gasteiger partial charge < -0.3 is 21.3 Å². The lowest BCUT2D eigenvalue weighted by molar-refractivity contribution is 0.204. The highest BCUT2D eigenvalue weighted by Crippen LogP contribution is 2.26. The Labute approximate surface area is 193 Å². The van der Waals surface area contributed by atoms with Gasteiger partial charge in [-0.3, -0.25) is 9.88 Å². The Hall–Kier alpha value is -2.75. The molecule has 176 valence electrons. The van der Waals surface area contributed by atoms with Crippen LogP contribution in [0.25, 0.3) is 5.69 Å². The van der Waals surface area contributed by atoms with Crippen molar-refractivity contribution in [2.45, 2.75) is 56.7 Å². The number of hydrogen-bond acceptors (Lipinski definition) is 6. The summed E-state index contributed by atoms with van der Waals surface area (Å²) in [6, 6.07) is 9.03. The van der Waals surface area contributed by atoms with E-state index in [4.69, 9.17) is 5.73 Å². The maximum Gasteiger partial charge on any atom is 0.354 e. The molecule has 0 radical (unpaired) electrons. The van der Waals surface area contributed by atoms with Crippen molar-refractivity contribution in [2.24, 2.45) is 5.73 Å². The fourth-order valence-corrected chi connectivity index (χ4v) is 5.26. The predicted octanol–water partition coefficient (Wildman–Crippen LogP) is 0.996. The van der Waals surface area contributed by atoms with Crippen LogP contribution in [0, 0.1) is 0 Å². The van der Waals surface area contributed by atoms with E-state index in [1.807, 2.05) is 6.07 Å². The second kappa shape index (κ2) is 9.62. The molecule has 0 spiro atoms. The second-order valence-electron chi connectivity index (χ2n) is 9.46. The minimum Gasteiger partial charge on any atom is -0.328 e. The number of rotatable bonds is 4. The van der Waals surface area contributed by atoms with Gasteiger partial charge in [-0.1, -0.05) is 6.07 Å².